The average molecular weight is 320 g/mol. The van der Waals surface area contributed by atoms with Crippen molar-refractivity contribution in [3.63, 3.8) is 0 Å². The summed E-state index contributed by atoms with van der Waals surface area (Å²) in [5, 5.41) is 4.43. The number of rotatable bonds is 4. The van der Waals surface area contributed by atoms with Crippen molar-refractivity contribution in [1.29, 1.82) is 0 Å². The first kappa shape index (κ1) is 14.8. The van der Waals surface area contributed by atoms with E-state index in [1.807, 2.05) is 30.3 Å². The van der Waals surface area contributed by atoms with Crippen molar-refractivity contribution < 1.29 is 0 Å². The molecule has 1 saturated carbocycles. The fourth-order valence-corrected chi connectivity index (χ4v) is 3.08. The van der Waals surface area contributed by atoms with E-state index in [1.165, 1.54) is 0 Å². The molecule has 0 atom stereocenters. The Balaban J connectivity index is 1.50. The lowest BCUT2D eigenvalue weighted by Gasteiger charge is -2.32. The van der Waals surface area contributed by atoms with Crippen molar-refractivity contribution in [1.82, 2.24) is 15.0 Å². The van der Waals surface area contributed by atoms with E-state index in [1.54, 1.807) is 0 Å². The van der Waals surface area contributed by atoms with Crippen LogP contribution in [-0.2, 0) is 6.54 Å². The Bertz CT molecular complexity index is 872. The van der Waals surface area contributed by atoms with Gasteiger partial charge in [-0.1, -0.05) is 24.3 Å². The van der Waals surface area contributed by atoms with Crippen LogP contribution < -0.4 is 16.8 Å². The number of pyridine rings is 1. The second-order valence-electron chi connectivity index (χ2n) is 6.31. The van der Waals surface area contributed by atoms with Crippen LogP contribution in [0.5, 0.6) is 0 Å². The molecular formula is C18H20N6. The quantitative estimate of drug-likeness (QED) is 0.682. The van der Waals surface area contributed by atoms with E-state index < -0.39 is 0 Å². The largest absolute Gasteiger partial charge is 0.368 e. The third-order valence-electron chi connectivity index (χ3n) is 4.46. The van der Waals surface area contributed by atoms with Crippen LogP contribution in [0.25, 0.3) is 10.9 Å². The molecule has 24 heavy (non-hydrogen) atoms. The number of anilines is 2. The first-order valence-corrected chi connectivity index (χ1v) is 8.16. The maximum absolute atomic E-state index is 5.86. The fraction of sp³-hybridized carbons (Fsp3) is 0.278. The minimum absolute atomic E-state index is 0.282. The summed E-state index contributed by atoms with van der Waals surface area (Å²) in [7, 11) is 0. The minimum atomic E-state index is 0.282. The zero-order valence-corrected chi connectivity index (χ0v) is 13.3. The Morgan fingerprint density at radius 1 is 1.04 bits per heavy atom. The van der Waals surface area contributed by atoms with Crippen LogP contribution in [0.2, 0.25) is 0 Å². The van der Waals surface area contributed by atoms with E-state index in [-0.39, 0.29) is 6.04 Å². The van der Waals surface area contributed by atoms with Crippen LogP contribution in [0.15, 0.2) is 42.5 Å². The first-order valence-electron chi connectivity index (χ1n) is 8.16. The Morgan fingerprint density at radius 3 is 2.71 bits per heavy atom. The lowest BCUT2D eigenvalue weighted by atomic mass is 9.78. The number of nitrogen functional groups attached to an aromatic ring is 1. The van der Waals surface area contributed by atoms with Crippen molar-refractivity contribution in [2.75, 3.05) is 11.1 Å². The molecule has 6 nitrogen and oxygen atoms in total. The molecule has 2 heterocycles. The highest BCUT2D eigenvalue weighted by molar-refractivity contribution is 5.78. The number of nitrogens with one attached hydrogen (secondary N) is 1. The van der Waals surface area contributed by atoms with E-state index in [0.717, 1.165) is 41.0 Å². The summed E-state index contributed by atoms with van der Waals surface area (Å²) in [6.45, 7) is 0.588. The van der Waals surface area contributed by atoms with E-state index in [9.17, 15) is 0 Å². The summed E-state index contributed by atoms with van der Waals surface area (Å²) in [5.74, 6) is 1.42. The highest BCUT2D eigenvalue weighted by Crippen LogP contribution is 2.35. The average Bonchev–Trinajstić information content (AvgIpc) is 2.56. The molecule has 2 aromatic heterocycles. The highest BCUT2D eigenvalue weighted by Gasteiger charge is 2.29. The van der Waals surface area contributed by atoms with Crippen LogP contribution in [0.4, 0.5) is 11.8 Å². The number of para-hydroxylation sites is 1. The lowest BCUT2D eigenvalue weighted by Crippen LogP contribution is -2.35. The molecule has 1 fully saturated rings. The van der Waals surface area contributed by atoms with E-state index >= 15 is 0 Å². The first-order chi connectivity index (χ1) is 11.7. The Hall–Kier alpha value is -2.73. The Kier molecular flexibility index (Phi) is 3.74. The van der Waals surface area contributed by atoms with Gasteiger partial charge in [-0.25, -0.2) is 4.98 Å². The zero-order chi connectivity index (χ0) is 16.5. The SMILES string of the molecule is Nc1nc(NCc2ccc3ccccc3n2)cc(C2CC(N)C2)n1. The molecule has 1 aromatic carbocycles. The van der Waals surface area contributed by atoms with E-state index in [2.05, 4.69) is 32.4 Å². The molecule has 1 aliphatic rings. The van der Waals surface area contributed by atoms with Gasteiger partial charge in [0.1, 0.15) is 5.82 Å². The van der Waals surface area contributed by atoms with Crippen molar-refractivity contribution in [3.05, 3.63) is 53.9 Å². The normalized spacial score (nSPS) is 19.9. The zero-order valence-electron chi connectivity index (χ0n) is 13.3. The van der Waals surface area contributed by atoms with E-state index in [0.29, 0.717) is 18.4 Å². The number of hydrogen-bond donors (Lipinski definition) is 3. The Labute approximate surface area is 140 Å². The van der Waals surface area contributed by atoms with Crippen LogP contribution in [0.1, 0.15) is 30.1 Å². The lowest BCUT2D eigenvalue weighted by molar-refractivity contribution is 0.345. The van der Waals surface area contributed by atoms with Gasteiger partial charge in [0.15, 0.2) is 0 Å². The maximum Gasteiger partial charge on any atom is 0.222 e. The van der Waals surface area contributed by atoms with Crippen LogP contribution in [0, 0.1) is 0 Å². The van der Waals surface area contributed by atoms with Crippen molar-refractivity contribution in [2.45, 2.75) is 31.3 Å². The van der Waals surface area contributed by atoms with Gasteiger partial charge < -0.3 is 16.8 Å². The number of nitrogens with zero attached hydrogens (tertiary/aromatic N) is 3. The predicted molar refractivity (Wildman–Crippen MR) is 95.5 cm³/mol. The molecule has 0 amide bonds. The second-order valence-corrected chi connectivity index (χ2v) is 6.31. The summed E-state index contributed by atoms with van der Waals surface area (Å²) in [6.07, 6.45) is 1.92. The number of benzene rings is 1. The standard InChI is InChI=1S/C18H20N6/c19-13-7-12(8-13)16-9-17(24-18(20)23-16)21-10-14-6-5-11-3-1-2-4-15(11)22-14/h1-6,9,12-13H,7-8,10,19H2,(H3,20,21,23,24). The summed E-state index contributed by atoms with van der Waals surface area (Å²) < 4.78 is 0. The van der Waals surface area contributed by atoms with Crippen molar-refractivity contribution in [3.8, 4) is 0 Å². The number of fused-ring (bicyclic) bond motifs is 1. The molecule has 0 saturated heterocycles. The molecule has 1 aliphatic carbocycles. The topological polar surface area (TPSA) is 103 Å². The molecule has 4 rings (SSSR count). The van der Waals surface area contributed by atoms with Gasteiger partial charge in [-0.05, 0) is 25.0 Å². The van der Waals surface area contributed by atoms with Crippen LogP contribution in [-0.4, -0.2) is 21.0 Å². The number of nitrogens with two attached hydrogens (primary N) is 2. The summed E-state index contributed by atoms with van der Waals surface area (Å²) in [4.78, 5) is 13.3. The number of hydrogen-bond acceptors (Lipinski definition) is 6. The summed E-state index contributed by atoms with van der Waals surface area (Å²) in [6, 6.07) is 14.4. The van der Waals surface area contributed by atoms with Gasteiger partial charge in [-0.2, -0.15) is 4.98 Å². The molecule has 0 spiro atoms. The van der Waals surface area contributed by atoms with Crippen molar-refractivity contribution in [2.24, 2.45) is 5.73 Å². The van der Waals surface area contributed by atoms with Gasteiger partial charge in [0.2, 0.25) is 5.95 Å². The van der Waals surface area contributed by atoms with Gasteiger partial charge in [0.05, 0.1) is 23.4 Å². The minimum Gasteiger partial charge on any atom is -0.368 e. The monoisotopic (exact) mass is 320 g/mol. The third kappa shape index (κ3) is 3.00. The van der Waals surface area contributed by atoms with Gasteiger partial charge in [-0.3, -0.25) is 4.98 Å². The predicted octanol–water partition coefficient (Wildman–Crippen LogP) is 2.42. The Morgan fingerprint density at radius 2 is 1.88 bits per heavy atom. The molecule has 0 radical (unpaired) electrons. The van der Waals surface area contributed by atoms with Gasteiger partial charge in [0.25, 0.3) is 0 Å². The molecule has 0 bridgehead atoms. The number of aromatic nitrogens is 3. The maximum atomic E-state index is 5.86. The molecule has 122 valence electrons. The van der Waals surface area contributed by atoms with Gasteiger partial charge in [0, 0.05) is 23.4 Å². The van der Waals surface area contributed by atoms with Gasteiger partial charge >= 0.3 is 0 Å². The molecule has 3 aromatic rings. The second kappa shape index (κ2) is 6.05. The van der Waals surface area contributed by atoms with Crippen LogP contribution in [0.3, 0.4) is 0 Å². The molecule has 5 N–H and O–H groups in total. The summed E-state index contributed by atoms with van der Waals surface area (Å²) >= 11 is 0. The van der Waals surface area contributed by atoms with Crippen LogP contribution >= 0.6 is 0 Å². The highest BCUT2D eigenvalue weighted by atomic mass is 15.1. The smallest absolute Gasteiger partial charge is 0.222 e. The third-order valence-corrected chi connectivity index (χ3v) is 4.46. The van der Waals surface area contributed by atoms with Gasteiger partial charge in [-0.15, -0.1) is 0 Å². The van der Waals surface area contributed by atoms with Crippen molar-refractivity contribution >= 4 is 22.7 Å². The fourth-order valence-electron chi connectivity index (χ4n) is 3.08. The molecule has 0 aliphatic heterocycles. The van der Waals surface area contributed by atoms with E-state index in [4.69, 9.17) is 11.5 Å². The molecular weight excluding hydrogens is 300 g/mol. The summed E-state index contributed by atoms with van der Waals surface area (Å²) in [5.41, 5.74) is 14.6. The molecule has 6 heteroatoms. The molecule has 0 unspecified atom stereocenters.